The normalized spacial score (nSPS) is 19.5. The molecule has 1 aliphatic carbocycles. The third-order valence-corrected chi connectivity index (χ3v) is 5.32. The van der Waals surface area contributed by atoms with Gasteiger partial charge in [0, 0.05) is 12.8 Å². The van der Waals surface area contributed by atoms with Crippen molar-refractivity contribution in [3.8, 4) is 0 Å². The molecule has 0 heterocycles. The topological polar surface area (TPSA) is 47.9 Å². The van der Waals surface area contributed by atoms with Crippen molar-refractivity contribution < 1.29 is 19.9 Å². The molecular formula is C22H42O4. The molecule has 4 heteroatoms. The molecule has 1 saturated carbocycles. The van der Waals surface area contributed by atoms with Crippen molar-refractivity contribution in [2.75, 3.05) is 6.61 Å². The van der Waals surface area contributed by atoms with Gasteiger partial charge < -0.3 is 0 Å². The Morgan fingerprint density at radius 1 is 0.808 bits per heavy atom. The molecule has 1 rings (SSSR count). The van der Waals surface area contributed by atoms with E-state index in [0.717, 1.165) is 32.1 Å². The number of unbranched alkanes of at least 4 members (excludes halogenated alkanes) is 4. The van der Waals surface area contributed by atoms with Crippen molar-refractivity contribution in [2.24, 2.45) is 0 Å². The molecule has 0 radical (unpaired) electrons. The van der Waals surface area contributed by atoms with E-state index in [4.69, 9.17) is 14.7 Å². The zero-order valence-corrected chi connectivity index (χ0v) is 17.1. The molecule has 0 aromatic carbocycles. The highest BCUT2D eigenvalue weighted by atomic mass is 17.3. The predicted molar refractivity (Wildman–Crippen MR) is 107 cm³/mol. The summed E-state index contributed by atoms with van der Waals surface area (Å²) in [6.07, 6.45) is 19.2. The maximum absolute atomic E-state index is 9.48. The Morgan fingerprint density at radius 2 is 1.31 bits per heavy atom. The maximum atomic E-state index is 9.48. The lowest BCUT2D eigenvalue weighted by molar-refractivity contribution is -0.503. The minimum absolute atomic E-state index is 0.561. The molecule has 0 aliphatic heterocycles. The third kappa shape index (κ3) is 12.1. The molecule has 1 aliphatic rings. The maximum Gasteiger partial charge on any atom is 0.233 e. The van der Waals surface area contributed by atoms with Gasteiger partial charge in [-0.05, 0) is 39.0 Å². The van der Waals surface area contributed by atoms with Crippen LogP contribution in [0.25, 0.3) is 0 Å². The van der Waals surface area contributed by atoms with Gasteiger partial charge >= 0.3 is 0 Å². The monoisotopic (exact) mass is 370 g/mol. The molecule has 0 aromatic rings. The van der Waals surface area contributed by atoms with Crippen molar-refractivity contribution in [2.45, 2.75) is 122 Å². The molecule has 0 atom stereocenters. The number of rotatable bonds is 11. The van der Waals surface area contributed by atoms with Crippen LogP contribution in [0, 0.1) is 0 Å². The molecule has 26 heavy (non-hydrogen) atoms. The molecule has 0 amide bonds. The second-order valence-corrected chi connectivity index (χ2v) is 8.06. The highest BCUT2D eigenvalue weighted by Crippen LogP contribution is 2.29. The number of hydrogen-bond acceptors (Lipinski definition) is 4. The zero-order valence-electron chi connectivity index (χ0n) is 17.1. The Bertz CT molecular complexity index is 331. The van der Waals surface area contributed by atoms with Crippen molar-refractivity contribution in [1.29, 1.82) is 0 Å². The lowest BCUT2D eigenvalue weighted by atomic mass is 9.97. The molecule has 4 nitrogen and oxygen atoms in total. The van der Waals surface area contributed by atoms with Gasteiger partial charge in [-0.25, -0.2) is 15.0 Å². The highest BCUT2D eigenvalue weighted by Gasteiger charge is 2.33. The summed E-state index contributed by atoms with van der Waals surface area (Å²) < 4.78 is 0. The Labute approximate surface area is 161 Å². The van der Waals surface area contributed by atoms with Gasteiger partial charge in [-0.2, -0.15) is 4.89 Å². The van der Waals surface area contributed by atoms with Gasteiger partial charge in [-0.1, -0.05) is 69.8 Å². The molecule has 0 spiro atoms. The van der Waals surface area contributed by atoms with Gasteiger partial charge in [0.25, 0.3) is 0 Å². The summed E-state index contributed by atoms with van der Waals surface area (Å²) in [5, 5.41) is 9.48. The first-order valence-corrected chi connectivity index (χ1v) is 11.0. The van der Waals surface area contributed by atoms with Gasteiger partial charge in [0.05, 0.1) is 6.61 Å². The van der Waals surface area contributed by atoms with Crippen LogP contribution in [0.3, 0.4) is 0 Å². The minimum Gasteiger partial charge on any atom is -0.249 e. The average molecular weight is 371 g/mol. The minimum atomic E-state index is -0.972. The van der Waals surface area contributed by atoms with Crippen LogP contribution in [0.1, 0.15) is 116 Å². The van der Waals surface area contributed by atoms with Crippen LogP contribution in [-0.2, 0) is 14.7 Å². The quantitative estimate of drug-likeness (QED) is 0.136. The first kappa shape index (κ1) is 23.6. The fraction of sp³-hybridized carbons (Fsp3) is 0.909. The van der Waals surface area contributed by atoms with E-state index >= 15 is 0 Å². The Balaban J connectivity index is 2.20. The second-order valence-electron chi connectivity index (χ2n) is 8.06. The molecule has 1 N–H and O–H groups in total. The average Bonchev–Trinajstić information content (AvgIpc) is 2.62. The number of hydrogen-bond donors (Lipinski definition) is 1. The van der Waals surface area contributed by atoms with Crippen LogP contribution < -0.4 is 0 Å². The van der Waals surface area contributed by atoms with E-state index in [1.165, 1.54) is 69.8 Å². The van der Waals surface area contributed by atoms with Gasteiger partial charge in [0.15, 0.2) is 0 Å². The molecule has 0 saturated heterocycles. The largest absolute Gasteiger partial charge is 0.249 e. The molecule has 1 fully saturated rings. The van der Waals surface area contributed by atoms with Crippen molar-refractivity contribution in [3.05, 3.63) is 12.2 Å². The molecule has 0 unspecified atom stereocenters. The van der Waals surface area contributed by atoms with E-state index in [0.29, 0.717) is 19.4 Å². The third-order valence-electron chi connectivity index (χ3n) is 5.32. The van der Waals surface area contributed by atoms with E-state index in [-0.39, 0.29) is 0 Å². The van der Waals surface area contributed by atoms with Crippen molar-refractivity contribution in [3.63, 3.8) is 0 Å². The molecular weight excluding hydrogens is 328 g/mol. The van der Waals surface area contributed by atoms with Crippen LogP contribution in [-0.4, -0.2) is 17.7 Å². The zero-order chi connectivity index (χ0) is 18.9. The summed E-state index contributed by atoms with van der Waals surface area (Å²) in [5.74, 6) is -0.972. The smallest absolute Gasteiger partial charge is 0.233 e. The van der Waals surface area contributed by atoms with Gasteiger partial charge in [0.1, 0.15) is 0 Å². The van der Waals surface area contributed by atoms with Gasteiger partial charge in [-0.15, -0.1) is 6.58 Å². The summed E-state index contributed by atoms with van der Waals surface area (Å²) >= 11 is 0. The van der Waals surface area contributed by atoms with E-state index in [2.05, 4.69) is 13.5 Å². The summed E-state index contributed by atoms with van der Waals surface area (Å²) in [4.78, 5) is 15.8. The summed E-state index contributed by atoms with van der Waals surface area (Å²) in [7, 11) is 0. The van der Waals surface area contributed by atoms with Crippen molar-refractivity contribution in [1.82, 2.24) is 0 Å². The lowest BCUT2D eigenvalue weighted by Crippen LogP contribution is -2.35. The van der Waals surface area contributed by atoms with Crippen LogP contribution >= 0.6 is 0 Å². The Kier molecular flexibility index (Phi) is 14.2. The van der Waals surface area contributed by atoms with Gasteiger partial charge in [-0.3, -0.25) is 0 Å². The summed E-state index contributed by atoms with van der Waals surface area (Å²) in [6.45, 7) is 6.59. The van der Waals surface area contributed by atoms with E-state index < -0.39 is 5.79 Å². The number of allylic oxidation sites excluding steroid dienone is 1. The van der Waals surface area contributed by atoms with Crippen LogP contribution in [0.5, 0.6) is 0 Å². The van der Waals surface area contributed by atoms with E-state index in [9.17, 15) is 5.26 Å². The molecule has 154 valence electrons. The fourth-order valence-corrected chi connectivity index (χ4v) is 3.61. The first-order chi connectivity index (χ1) is 12.7. The SMILES string of the molecule is C=C(C)CCCCCCCOOC1(OO)CCCCCCCCCCC1. The molecule has 0 bridgehead atoms. The van der Waals surface area contributed by atoms with Crippen LogP contribution in [0.15, 0.2) is 12.2 Å². The van der Waals surface area contributed by atoms with E-state index in [1.54, 1.807) is 0 Å². The highest BCUT2D eigenvalue weighted by molar-refractivity contribution is 4.86. The van der Waals surface area contributed by atoms with Crippen LogP contribution in [0.2, 0.25) is 0 Å². The standard InChI is InChI=1S/C22H42O4/c1-21(2)17-13-9-8-12-16-20-24-26-22(25-23)18-14-10-6-4-3-5-7-11-15-19-22/h23H,1,3-20H2,2H3. The van der Waals surface area contributed by atoms with E-state index in [1.807, 2.05) is 0 Å². The fourth-order valence-electron chi connectivity index (χ4n) is 3.61. The summed E-state index contributed by atoms with van der Waals surface area (Å²) in [6, 6.07) is 0. The van der Waals surface area contributed by atoms with Crippen molar-refractivity contribution >= 4 is 0 Å². The lowest BCUT2D eigenvalue weighted by Gasteiger charge is -2.29. The Hall–Kier alpha value is -0.420. The first-order valence-electron chi connectivity index (χ1n) is 11.0. The predicted octanol–water partition coefficient (Wildman–Crippen LogP) is 7.34. The van der Waals surface area contributed by atoms with Crippen LogP contribution in [0.4, 0.5) is 0 Å². The molecule has 0 aromatic heterocycles. The second kappa shape index (κ2) is 15.6. The summed E-state index contributed by atoms with van der Waals surface area (Å²) in [5.41, 5.74) is 1.27. The Morgan fingerprint density at radius 3 is 1.85 bits per heavy atom. The van der Waals surface area contributed by atoms with Gasteiger partial charge in [0.2, 0.25) is 5.79 Å².